The van der Waals surface area contributed by atoms with Gasteiger partial charge in [-0.1, -0.05) is 42.5 Å². The molecule has 4 rings (SSSR count). The van der Waals surface area contributed by atoms with Crippen molar-refractivity contribution in [3.05, 3.63) is 71.9 Å². The fourth-order valence-electron chi connectivity index (χ4n) is 3.06. The second-order valence-electron chi connectivity index (χ2n) is 6.13. The Bertz CT molecular complexity index is 1150. The number of amidine groups is 1. The summed E-state index contributed by atoms with van der Waals surface area (Å²) in [5, 5.41) is 18.4. The summed E-state index contributed by atoms with van der Waals surface area (Å²) < 4.78 is 14.5. The van der Waals surface area contributed by atoms with Crippen molar-refractivity contribution in [2.75, 3.05) is 6.67 Å². The molecule has 2 aromatic carbocycles. The third-order valence-corrected chi connectivity index (χ3v) is 5.32. The van der Waals surface area contributed by atoms with Crippen LogP contribution < -0.4 is 5.14 Å². The van der Waals surface area contributed by atoms with E-state index in [4.69, 9.17) is 5.14 Å². The van der Waals surface area contributed by atoms with E-state index >= 15 is 0 Å². The van der Waals surface area contributed by atoms with Gasteiger partial charge in [0.15, 0.2) is 12.5 Å². The molecule has 8 heteroatoms. The van der Waals surface area contributed by atoms with E-state index in [1.54, 1.807) is 18.3 Å². The standard InChI is InChI=1S/C19H18N6OS/c1-27(20,26)17-9-5-8-15(18(17)19-21-13-22-24-19)16-10-11-23-25(16)12-14-6-3-2-4-7-14/h2-11H,1,12-13H2,(H2,20,26). The normalized spacial score (nSPS) is 15.5. The molecule has 2 heterocycles. The molecule has 0 aliphatic carbocycles. The fourth-order valence-corrected chi connectivity index (χ4v) is 3.92. The van der Waals surface area contributed by atoms with E-state index in [-0.39, 0.29) is 6.67 Å². The molecule has 0 spiro atoms. The van der Waals surface area contributed by atoms with Gasteiger partial charge >= 0.3 is 0 Å². The number of nitrogens with two attached hydrogens (primary N) is 1. The molecule has 1 aliphatic heterocycles. The Morgan fingerprint density at radius 1 is 1.11 bits per heavy atom. The largest absolute Gasteiger partial charge is 0.260 e. The minimum atomic E-state index is -2.97. The van der Waals surface area contributed by atoms with Crippen molar-refractivity contribution in [2.24, 2.45) is 20.4 Å². The Labute approximate surface area is 157 Å². The maximum absolute atomic E-state index is 12.6. The number of benzene rings is 2. The van der Waals surface area contributed by atoms with Crippen molar-refractivity contribution < 1.29 is 4.21 Å². The Kier molecular flexibility index (Phi) is 4.43. The van der Waals surface area contributed by atoms with Crippen molar-refractivity contribution in [1.29, 1.82) is 0 Å². The first kappa shape index (κ1) is 17.3. The molecular weight excluding hydrogens is 360 g/mol. The first-order valence-corrected chi connectivity index (χ1v) is 10.1. The second-order valence-corrected chi connectivity index (χ2v) is 8.02. The molecule has 7 nitrogen and oxygen atoms in total. The first-order valence-electron chi connectivity index (χ1n) is 8.30. The fraction of sp³-hybridized carbons (Fsp3) is 0.105. The van der Waals surface area contributed by atoms with E-state index in [0.29, 0.717) is 22.8 Å². The topological polar surface area (TPSA) is 98.0 Å². The summed E-state index contributed by atoms with van der Waals surface area (Å²) in [5.41, 5.74) is 3.36. The van der Waals surface area contributed by atoms with Crippen LogP contribution in [0.4, 0.5) is 0 Å². The highest BCUT2D eigenvalue weighted by Gasteiger charge is 2.22. The van der Waals surface area contributed by atoms with Gasteiger partial charge in [-0.05, 0) is 23.6 Å². The molecule has 1 aliphatic rings. The molecule has 0 amide bonds. The van der Waals surface area contributed by atoms with Crippen LogP contribution in [0.1, 0.15) is 11.1 Å². The number of rotatable bonds is 5. The van der Waals surface area contributed by atoms with Crippen LogP contribution in [0.5, 0.6) is 0 Å². The Balaban J connectivity index is 1.89. The second kappa shape index (κ2) is 6.90. The van der Waals surface area contributed by atoms with Crippen LogP contribution in [0.25, 0.3) is 11.3 Å². The van der Waals surface area contributed by atoms with Crippen LogP contribution in [0.15, 0.2) is 80.9 Å². The average Bonchev–Trinajstić information content (AvgIpc) is 3.33. The molecule has 0 saturated carbocycles. The van der Waals surface area contributed by atoms with Crippen LogP contribution in [0.2, 0.25) is 0 Å². The van der Waals surface area contributed by atoms with Gasteiger partial charge < -0.3 is 0 Å². The van der Waals surface area contributed by atoms with Crippen LogP contribution in [-0.2, 0) is 16.3 Å². The molecule has 0 saturated heterocycles. The van der Waals surface area contributed by atoms with Crippen LogP contribution in [0, 0.1) is 0 Å². The molecule has 1 aromatic heterocycles. The zero-order valence-electron chi connectivity index (χ0n) is 14.5. The minimum absolute atomic E-state index is 0.245. The summed E-state index contributed by atoms with van der Waals surface area (Å²) >= 11 is 0. The van der Waals surface area contributed by atoms with Crippen LogP contribution in [0.3, 0.4) is 0 Å². The van der Waals surface area contributed by atoms with Gasteiger partial charge in [-0.3, -0.25) is 9.82 Å². The molecule has 1 atom stereocenters. The summed E-state index contributed by atoms with van der Waals surface area (Å²) in [7, 11) is -2.97. The molecule has 0 radical (unpaired) electrons. The summed E-state index contributed by atoms with van der Waals surface area (Å²) in [6.07, 6.45) is 1.73. The third-order valence-electron chi connectivity index (χ3n) is 4.24. The summed E-state index contributed by atoms with van der Waals surface area (Å²) in [6, 6.07) is 17.4. The van der Waals surface area contributed by atoms with Crippen molar-refractivity contribution in [1.82, 2.24) is 9.78 Å². The van der Waals surface area contributed by atoms with Gasteiger partial charge in [-0.15, -0.1) is 5.11 Å². The lowest BCUT2D eigenvalue weighted by Gasteiger charge is -2.15. The summed E-state index contributed by atoms with van der Waals surface area (Å²) in [6.45, 7) is 0.846. The van der Waals surface area contributed by atoms with Crippen LogP contribution >= 0.6 is 0 Å². The molecule has 27 heavy (non-hydrogen) atoms. The lowest BCUT2D eigenvalue weighted by atomic mass is 10.0. The Hall–Kier alpha value is -3.10. The maximum atomic E-state index is 12.6. The third kappa shape index (κ3) is 3.44. The van der Waals surface area contributed by atoms with Crippen molar-refractivity contribution >= 4 is 21.4 Å². The van der Waals surface area contributed by atoms with Gasteiger partial charge in [0, 0.05) is 17.3 Å². The predicted molar refractivity (Wildman–Crippen MR) is 107 cm³/mol. The zero-order valence-corrected chi connectivity index (χ0v) is 15.3. The highest BCUT2D eigenvalue weighted by Crippen LogP contribution is 2.30. The molecule has 0 fully saturated rings. The number of aliphatic imine (C=N–C) groups is 1. The quantitative estimate of drug-likeness (QED) is 0.691. The number of azo groups is 1. The van der Waals surface area contributed by atoms with E-state index in [1.165, 1.54) is 0 Å². The van der Waals surface area contributed by atoms with Crippen LogP contribution in [-0.4, -0.2) is 32.4 Å². The summed E-state index contributed by atoms with van der Waals surface area (Å²) in [4.78, 5) is 4.72. The monoisotopic (exact) mass is 378 g/mol. The number of nitrogens with zero attached hydrogens (tertiary/aromatic N) is 5. The van der Waals surface area contributed by atoms with Gasteiger partial charge in [-0.2, -0.15) is 10.2 Å². The van der Waals surface area contributed by atoms with E-state index in [0.717, 1.165) is 16.8 Å². The van der Waals surface area contributed by atoms with Crippen molar-refractivity contribution in [3.63, 3.8) is 0 Å². The van der Waals surface area contributed by atoms with E-state index in [1.807, 2.05) is 47.1 Å². The molecule has 3 aromatic rings. The molecular formula is C19H18N6OS. The smallest absolute Gasteiger partial charge is 0.180 e. The molecule has 2 N–H and O–H groups in total. The SMILES string of the molecule is C=S(N)(=O)c1cccc(-c2ccnn2Cc2ccccc2)c1C1=NCN=N1. The van der Waals surface area contributed by atoms with Gasteiger partial charge in [0.05, 0.1) is 26.8 Å². The average molecular weight is 378 g/mol. The number of hydrogen-bond donors (Lipinski definition) is 1. The Morgan fingerprint density at radius 3 is 2.63 bits per heavy atom. The van der Waals surface area contributed by atoms with E-state index < -0.39 is 9.71 Å². The van der Waals surface area contributed by atoms with Gasteiger partial charge in [-0.25, -0.2) is 9.20 Å². The highest BCUT2D eigenvalue weighted by atomic mass is 32.2. The van der Waals surface area contributed by atoms with Gasteiger partial charge in [0.25, 0.3) is 0 Å². The van der Waals surface area contributed by atoms with Crippen molar-refractivity contribution in [3.8, 4) is 11.3 Å². The van der Waals surface area contributed by atoms with E-state index in [9.17, 15) is 4.21 Å². The molecule has 0 bridgehead atoms. The predicted octanol–water partition coefficient (Wildman–Crippen LogP) is 2.72. The molecule has 136 valence electrons. The zero-order chi connectivity index (χ0) is 18.9. The van der Waals surface area contributed by atoms with E-state index in [2.05, 4.69) is 26.2 Å². The lowest BCUT2D eigenvalue weighted by molar-refractivity contribution is 0.682. The van der Waals surface area contributed by atoms with Gasteiger partial charge in [0.1, 0.15) is 0 Å². The lowest BCUT2D eigenvalue weighted by Crippen LogP contribution is -2.17. The molecule has 1 unspecified atom stereocenters. The number of aromatic nitrogens is 2. The first-order chi connectivity index (χ1) is 13.0. The minimum Gasteiger partial charge on any atom is -0.260 e. The van der Waals surface area contributed by atoms with Crippen molar-refractivity contribution in [2.45, 2.75) is 11.4 Å². The maximum Gasteiger partial charge on any atom is 0.180 e. The highest BCUT2D eigenvalue weighted by molar-refractivity contribution is 7.98. The van der Waals surface area contributed by atoms with Gasteiger partial charge in [0.2, 0.25) is 0 Å². The summed E-state index contributed by atoms with van der Waals surface area (Å²) in [5.74, 6) is 4.05. The number of hydrogen-bond acceptors (Lipinski definition) is 5. The Morgan fingerprint density at radius 2 is 1.93 bits per heavy atom.